The fraction of sp³-hybridized carbons (Fsp3) is 0.133. The zero-order chi connectivity index (χ0) is 13.9. The van der Waals surface area contributed by atoms with E-state index in [1.807, 2.05) is 43.5 Å². The van der Waals surface area contributed by atoms with Gasteiger partial charge in [-0.1, -0.05) is 12.1 Å². The molecule has 0 aliphatic heterocycles. The van der Waals surface area contributed by atoms with Crippen LogP contribution in [-0.4, -0.2) is 15.0 Å². The topological polar surface area (TPSA) is 76.7 Å². The summed E-state index contributed by atoms with van der Waals surface area (Å²) in [6.45, 7) is 2.67. The molecule has 0 aliphatic rings. The Kier molecular flexibility index (Phi) is 3.16. The van der Waals surface area contributed by atoms with Crippen molar-refractivity contribution in [2.75, 3.05) is 11.1 Å². The Hall–Kier alpha value is -2.69. The molecule has 0 saturated carbocycles. The maximum absolute atomic E-state index is 5.94. The van der Waals surface area contributed by atoms with Crippen LogP contribution in [0.2, 0.25) is 0 Å². The van der Waals surface area contributed by atoms with Gasteiger partial charge in [-0.3, -0.25) is 4.98 Å². The van der Waals surface area contributed by atoms with Crippen molar-refractivity contribution in [1.82, 2.24) is 15.0 Å². The molecule has 3 aromatic rings. The maximum atomic E-state index is 5.94. The number of nitrogen functional groups attached to an aromatic ring is 1. The predicted octanol–water partition coefficient (Wildman–Crippen LogP) is 2.53. The largest absolute Gasteiger partial charge is 0.381 e. The highest BCUT2D eigenvalue weighted by molar-refractivity contribution is 5.79. The van der Waals surface area contributed by atoms with Gasteiger partial charge in [-0.15, -0.1) is 0 Å². The summed E-state index contributed by atoms with van der Waals surface area (Å²) < 4.78 is 0. The van der Waals surface area contributed by atoms with Crippen LogP contribution in [0.4, 0.5) is 11.6 Å². The third-order valence-corrected chi connectivity index (χ3v) is 3.19. The van der Waals surface area contributed by atoms with Crippen molar-refractivity contribution in [3.05, 3.63) is 53.9 Å². The Morgan fingerprint density at radius 2 is 1.85 bits per heavy atom. The van der Waals surface area contributed by atoms with Crippen molar-refractivity contribution in [2.24, 2.45) is 0 Å². The summed E-state index contributed by atoms with van der Waals surface area (Å²) in [4.78, 5) is 13.0. The molecular weight excluding hydrogens is 250 g/mol. The van der Waals surface area contributed by atoms with Gasteiger partial charge in [-0.25, -0.2) is 9.97 Å². The van der Waals surface area contributed by atoms with Crippen LogP contribution in [0.5, 0.6) is 0 Å². The predicted molar refractivity (Wildman–Crippen MR) is 80.3 cm³/mol. The number of fused-ring (bicyclic) bond motifs is 1. The van der Waals surface area contributed by atoms with Gasteiger partial charge in [0.2, 0.25) is 0 Å². The Morgan fingerprint density at radius 3 is 2.60 bits per heavy atom. The highest BCUT2D eigenvalue weighted by Gasteiger charge is 2.06. The Balaban J connectivity index is 1.87. The van der Waals surface area contributed by atoms with Gasteiger partial charge in [-0.2, -0.15) is 0 Å². The number of nitrogens with zero attached hydrogens (tertiary/aromatic N) is 3. The van der Waals surface area contributed by atoms with Crippen LogP contribution in [0.15, 0.2) is 42.7 Å². The molecule has 0 bridgehead atoms. The summed E-state index contributed by atoms with van der Waals surface area (Å²) in [6.07, 6.45) is 3.62. The summed E-state index contributed by atoms with van der Waals surface area (Å²) in [5, 5.41) is 3.22. The average molecular weight is 265 g/mol. The van der Waals surface area contributed by atoms with Gasteiger partial charge >= 0.3 is 0 Å². The molecule has 0 amide bonds. The minimum absolute atomic E-state index is 0.408. The number of aromatic nitrogens is 3. The van der Waals surface area contributed by atoms with Crippen LogP contribution in [0.1, 0.15) is 11.1 Å². The fourth-order valence-corrected chi connectivity index (χ4v) is 2.00. The van der Waals surface area contributed by atoms with Gasteiger partial charge in [-0.05, 0) is 36.2 Å². The summed E-state index contributed by atoms with van der Waals surface area (Å²) in [5.41, 5.74) is 9.86. The summed E-state index contributed by atoms with van der Waals surface area (Å²) in [7, 11) is 0. The van der Waals surface area contributed by atoms with Gasteiger partial charge in [0.15, 0.2) is 11.6 Å². The number of para-hydroxylation sites is 2. The van der Waals surface area contributed by atoms with Crippen LogP contribution in [0.25, 0.3) is 11.0 Å². The third kappa shape index (κ3) is 2.38. The molecule has 2 heterocycles. The molecule has 1 aromatic carbocycles. The molecule has 3 N–H and O–H groups in total. The van der Waals surface area contributed by atoms with Crippen molar-refractivity contribution >= 4 is 22.7 Å². The molecule has 5 nitrogen and oxygen atoms in total. The van der Waals surface area contributed by atoms with Crippen molar-refractivity contribution in [1.29, 1.82) is 0 Å². The van der Waals surface area contributed by atoms with Crippen LogP contribution in [0.3, 0.4) is 0 Å². The van der Waals surface area contributed by atoms with E-state index >= 15 is 0 Å². The second kappa shape index (κ2) is 5.13. The van der Waals surface area contributed by atoms with Crippen molar-refractivity contribution in [3.63, 3.8) is 0 Å². The maximum Gasteiger partial charge on any atom is 0.169 e. The molecule has 20 heavy (non-hydrogen) atoms. The second-order valence-electron chi connectivity index (χ2n) is 4.60. The summed E-state index contributed by atoms with van der Waals surface area (Å²) >= 11 is 0. The first-order valence-corrected chi connectivity index (χ1v) is 6.39. The monoisotopic (exact) mass is 265 g/mol. The van der Waals surface area contributed by atoms with E-state index in [4.69, 9.17) is 5.73 Å². The number of nitrogens with two attached hydrogens (primary N) is 1. The number of pyridine rings is 1. The second-order valence-corrected chi connectivity index (χ2v) is 4.60. The van der Waals surface area contributed by atoms with Crippen molar-refractivity contribution in [2.45, 2.75) is 13.5 Å². The van der Waals surface area contributed by atoms with Gasteiger partial charge in [0.05, 0.1) is 11.0 Å². The van der Waals surface area contributed by atoms with Crippen LogP contribution < -0.4 is 11.1 Å². The molecule has 0 atom stereocenters. The molecule has 0 spiro atoms. The average Bonchev–Trinajstić information content (AvgIpc) is 2.46. The number of benzene rings is 1. The molecule has 0 unspecified atom stereocenters. The van der Waals surface area contributed by atoms with Crippen molar-refractivity contribution < 1.29 is 0 Å². The lowest BCUT2D eigenvalue weighted by Crippen LogP contribution is -2.07. The highest BCUT2D eigenvalue weighted by atomic mass is 15.1. The molecule has 0 radical (unpaired) electrons. The molecule has 0 saturated heterocycles. The molecule has 5 heteroatoms. The van der Waals surface area contributed by atoms with Crippen LogP contribution >= 0.6 is 0 Å². The first-order chi connectivity index (χ1) is 9.74. The minimum atomic E-state index is 0.408. The third-order valence-electron chi connectivity index (χ3n) is 3.19. The smallest absolute Gasteiger partial charge is 0.169 e. The first-order valence-electron chi connectivity index (χ1n) is 6.39. The lowest BCUT2D eigenvalue weighted by Gasteiger charge is -2.10. The molecule has 0 aliphatic carbocycles. The number of anilines is 2. The lowest BCUT2D eigenvalue weighted by atomic mass is 10.1. The standard InChI is InChI=1S/C15H15N5/c1-10-6-7-17-8-11(10)9-18-15-14(16)19-12-4-2-3-5-13(12)20-15/h2-8H,9H2,1H3,(H2,16,19)(H,18,20). The quantitative estimate of drug-likeness (QED) is 0.761. The number of hydrogen-bond donors (Lipinski definition) is 2. The highest BCUT2D eigenvalue weighted by Crippen LogP contribution is 2.19. The summed E-state index contributed by atoms with van der Waals surface area (Å²) in [5.74, 6) is 1.01. The first kappa shape index (κ1) is 12.3. The lowest BCUT2D eigenvalue weighted by molar-refractivity contribution is 1.06. The van der Waals surface area contributed by atoms with E-state index < -0.39 is 0 Å². The molecule has 3 rings (SSSR count). The molecular formula is C15H15N5. The van der Waals surface area contributed by atoms with Crippen molar-refractivity contribution in [3.8, 4) is 0 Å². The van der Waals surface area contributed by atoms with Gasteiger partial charge in [0.1, 0.15) is 0 Å². The van der Waals surface area contributed by atoms with Crippen LogP contribution in [0, 0.1) is 6.92 Å². The van der Waals surface area contributed by atoms with E-state index in [-0.39, 0.29) is 0 Å². The number of hydrogen-bond acceptors (Lipinski definition) is 5. The van der Waals surface area contributed by atoms with Crippen LogP contribution in [-0.2, 0) is 6.54 Å². The number of rotatable bonds is 3. The number of aryl methyl sites for hydroxylation is 1. The van der Waals surface area contributed by atoms with Gasteiger partial charge < -0.3 is 11.1 Å². The van der Waals surface area contributed by atoms with E-state index in [1.165, 1.54) is 5.56 Å². The Bertz CT molecular complexity index is 754. The fourth-order valence-electron chi connectivity index (χ4n) is 2.00. The Morgan fingerprint density at radius 1 is 1.10 bits per heavy atom. The van der Waals surface area contributed by atoms with E-state index in [0.717, 1.165) is 16.6 Å². The van der Waals surface area contributed by atoms with E-state index in [1.54, 1.807) is 6.20 Å². The minimum Gasteiger partial charge on any atom is -0.381 e. The van der Waals surface area contributed by atoms with Gasteiger partial charge in [0, 0.05) is 18.9 Å². The van der Waals surface area contributed by atoms with E-state index in [0.29, 0.717) is 18.2 Å². The Labute approximate surface area is 116 Å². The zero-order valence-electron chi connectivity index (χ0n) is 11.2. The zero-order valence-corrected chi connectivity index (χ0v) is 11.2. The molecule has 100 valence electrons. The normalized spacial score (nSPS) is 10.7. The molecule has 2 aromatic heterocycles. The number of nitrogens with one attached hydrogen (secondary N) is 1. The SMILES string of the molecule is Cc1ccncc1CNc1nc2ccccc2nc1N. The summed E-state index contributed by atoms with van der Waals surface area (Å²) in [6, 6.07) is 9.65. The van der Waals surface area contributed by atoms with Gasteiger partial charge in [0.25, 0.3) is 0 Å². The molecule has 0 fully saturated rings. The van der Waals surface area contributed by atoms with E-state index in [9.17, 15) is 0 Å². The van der Waals surface area contributed by atoms with E-state index in [2.05, 4.69) is 20.3 Å².